The van der Waals surface area contributed by atoms with Crippen molar-refractivity contribution in [2.24, 2.45) is 17.8 Å². The molecule has 8 rings (SSSR count). The summed E-state index contributed by atoms with van der Waals surface area (Å²) < 4.78 is 23.6. The zero-order valence-corrected chi connectivity index (χ0v) is 23.9. The van der Waals surface area contributed by atoms with Crippen molar-refractivity contribution in [1.29, 1.82) is 0 Å². The summed E-state index contributed by atoms with van der Waals surface area (Å²) in [4.78, 5) is 22.5. The van der Waals surface area contributed by atoms with Gasteiger partial charge in [0, 0.05) is 59.7 Å². The van der Waals surface area contributed by atoms with Gasteiger partial charge in [0.15, 0.2) is 17.3 Å². The molecule has 38 heavy (non-hydrogen) atoms. The summed E-state index contributed by atoms with van der Waals surface area (Å²) in [5, 5.41) is 9.28. The number of anilines is 1. The molecule has 11 heteroatoms. The molecule has 0 aromatic carbocycles. The number of rotatable bonds is 7. The lowest BCUT2D eigenvalue weighted by molar-refractivity contribution is -0.154. The molecule has 2 atom stereocenters. The van der Waals surface area contributed by atoms with E-state index < -0.39 is 5.82 Å². The molecule has 4 heterocycles. The fourth-order valence-electron chi connectivity index (χ4n) is 6.56. The Bertz CT molecular complexity index is 1540. The van der Waals surface area contributed by atoms with Crippen LogP contribution in [0, 0.1) is 23.6 Å². The highest BCUT2D eigenvalue weighted by molar-refractivity contribution is 14.2. The third-order valence-electron chi connectivity index (χ3n) is 8.51. The van der Waals surface area contributed by atoms with Crippen molar-refractivity contribution in [3.8, 4) is 11.4 Å². The van der Waals surface area contributed by atoms with Crippen molar-refractivity contribution in [1.82, 2.24) is 23.6 Å². The predicted octanol–water partition coefficient (Wildman–Crippen LogP) is 6.39. The first-order valence-electron chi connectivity index (χ1n) is 13.3. The minimum atomic E-state index is -0.401. The number of hydrogen-bond acceptors (Lipinski definition) is 7. The molecule has 2 bridgehead atoms. The van der Waals surface area contributed by atoms with Crippen LogP contribution in [0.25, 0.3) is 27.9 Å². The topological polar surface area (TPSA) is 86.3 Å². The Hall–Kier alpha value is -2.41. The van der Waals surface area contributed by atoms with E-state index in [2.05, 4.69) is 43.8 Å². The number of ether oxygens (including phenoxy) is 1. The highest BCUT2D eigenvalue weighted by Gasteiger charge is 2.48. The van der Waals surface area contributed by atoms with Crippen LogP contribution in [0.4, 0.5) is 10.2 Å². The van der Waals surface area contributed by atoms with Crippen LogP contribution in [0.3, 0.4) is 0 Å². The summed E-state index contributed by atoms with van der Waals surface area (Å²) in [7, 11) is 1.46. The summed E-state index contributed by atoms with van der Waals surface area (Å²) in [5.74, 6) is 1.78. The molecule has 0 saturated heterocycles. The number of esters is 1. The van der Waals surface area contributed by atoms with Crippen molar-refractivity contribution in [2.45, 2.75) is 57.4 Å². The van der Waals surface area contributed by atoms with Gasteiger partial charge in [0.2, 0.25) is 0 Å². The third-order valence-corrected chi connectivity index (χ3v) is 10.2. The Balaban J connectivity index is 1.36. The van der Waals surface area contributed by atoms with E-state index in [0.717, 1.165) is 36.8 Å². The molecule has 4 aliphatic carbocycles. The average Bonchev–Trinajstić information content (AvgIpc) is 3.58. The van der Waals surface area contributed by atoms with Crippen LogP contribution in [-0.4, -0.2) is 42.2 Å². The number of carbonyl (C=O) groups is 1. The number of aromatic nitrogens is 5. The van der Waals surface area contributed by atoms with Crippen molar-refractivity contribution in [2.75, 3.05) is 11.9 Å². The second-order valence-electron chi connectivity index (χ2n) is 10.7. The first kappa shape index (κ1) is 24.6. The second kappa shape index (κ2) is 9.65. The van der Waals surface area contributed by atoms with Crippen molar-refractivity contribution in [3.63, 3.8) is 0 Å². The van der Waals surface area contributed by atoms with Crippen molar-refractivity contribution < 1.29 is 13.9 Å². The summed E-state index contributed by atoms with van der Waals surface area (Å²) >= 11 is 2.19. The molecule has 0 amide bonds. The number of nitrogens with one attached hydrogen (secondary N) is 1. The highest BCUT2D eigenvalue weighted by Crippen LogP contribution is 2.47. The van der Waals surface area contributed by atoms with Crippen LogP contribution >= 0.6 is 30.3 Å². The van der Waals surface area contributed by atoms with Gasteiger partial charge in [0.25, 0.3) is 0 Å². The third kappa shape index (κ3) is 4.16. The molecule has 0 radical (unpaired) electrons. The normalized spacial score (nSPS) is 24.8. The van der Waals surface area contributed by atoms with Gasteiger partial charge in [-0.15, -0.1) is 5.10 Å². The van der Waals surface area contributed by atoms with Gasteiger partial charge in [-0.3, -0.25) is 8.77 Å². The van der Waals surface area contributed by atoms with Crippen molar-refractivity contribution >= 4 is 58.7 Å². The monoisotopic (exact) mass is 646 g/mol. The first-order valence-corrected chi connectivity index (χ1v) is 16.6. The van der Waals surface area contributed by atoms with Crippen LogP contribution in [0.5, 0.6) is 0 Å². The first-order chi connectivity index (χ1) is 18.5. The van der Waals surface area contributed by atoms with Gasteiger partial charge < -0.3 is 10.1 Å². The lowest BCUT2D eigenvalue weighted by atomic mass is 9.61. The van der Waals surface area contributed by atoms with Crippen LogP contribution in [0.2, 0.25) is 0 Å². The smallest absolute Gasteiger partial charge is 0.311 e. The summed E-state index contributed by atoms with van der Waals surface area (Å²) in [5.41, 5.74) is 3.53. The lowest BCUT2D eigenvalue weighted by Gasteiger charge is -2.47. The van der Waals surface area contributed by atoms with E-state index in [1.807, 2.05) is 21.6 Å². The molecule has 4 aromatic heterocycles. The van der Waals surface area contributed by atoms with Crippen molar-refractivity contribution in [3.05, 3.63) is 42.1 Å². The van der Waals surface area contributed by atoms with Gasteiger partial charge in [-0.1, -0.05) is 0 Å². The maximum atomic E-state index is 14.3. The van der Waals surface area contributed by atoms with Gasteiger partial charge in [-0.25, -0.2) is 18.9 Å². The number of carbonyl (C=O) groups excluding carboxylic acids is 1. The Morgan fingerprint density at radius 3 is 2.71 bits per heavy atom. The number of hydrogen-bond donors (Lipinski definition) is 1. The fourth-order valence-corrected chi connectivity index (χ4v) is 7.81. The minimum Gasteiger partial charge on any atom is -0.466 e. The van der Waals surface area contributed by atoms with E-state index in [1.54, 1.807) is 0 Å². The van der Waals surface area contributed by atoms with Crippen LogP contribution in [0.15, 0.2) is 30.7 Å². The van der Waals surface area contributed by atoms with E-state index in [0.29, 0.717) is 47.0 Å². The van der Waals surface area contributed by atoms with Gasteiger partial charge in [-0.2, -0.15) is 0 Å². The molecule has 8 nitrogen and oxygen atoms in total. The van der Waals surface area contributed by atoms with Gasteiger partial charge >= 0.3 is 5.97 Å². The maximum Gasteiger partial charge on any atom is 0.311 e. The quantitative estimate of drug-likeness (QED) is 0.184. The largest absolute Gasteiger partial charge is 0.466 e. The molecule has 0 aliphatic heterocycles. The molecule has 4 aliphatic rings. The minimum absolute atomic E-state index is 0.0438. The maximum absolute atomic E-state index is 14.3. The second-order valence-corrected chi connectivity index (χ2v) is 12.5. The fraction of sp³-hybridized carbons (Fsp3) is 0.481. The molecular weight excluding hydrogens is 618 g/mol. The molecule has 0 unspecified atom stereocenters. The Morgan fingerprint density at radius 2 is 1.97 bits per heavy atom. The standard InChI is InChI=1S/C27H28FIN6O2S/c1-2-37-27(36)22-15-5-7-16(8-6-15)23(22)31-25-21-9-17(14-3-4-14)12-34(21)33-24(32-25)20-13-35(38-29)26-19(20)10-18(28)11-30-26/h9-16,22-23H,2-8H2,1H3,(H,31,32,33)/t15-,16+,22-,23-/m0/s1. The Labute approximate surface area is 235 Å². The van der Waals surface area contributed by atoms with Crippen LogP contribution in [-0.2, 0) is 9.53 Å². The summed E-state index contributed by atoms with van der Waals surface area (Å²) in [6, 6.07) is 3.62. The number of fused-ring (bicyclic) bond motifs is 5. The lowest BCUT2D eigenvalue weighted by Crippen LogP contribution is -2.52. The molecule has 4 aromatic rings. The Kier molecular flexibility index (Phi) is 6.25. The van der Waals surface area contributed by atoms with E-state index in [-0.39, 0.29) is 17.9 Å². The molecule has 198 valence electrons. The van der Waals surface area contributed by atoms with Crippen LogP contribution < -0.4 is 5.32 Å². The average molecular weight is 647 g/mol. The summed E-state index contributed by atoms with van der Waals surface area (Å²) in [6.45, 7) is 2.25. The number of pyridine rings is 1. The van der Waals surface area contributed by atoms with Crippen LogP contribution in [0.1, 0.15) is 56.9 Å². The molecular formula is C27H28FIN6O2S. The number of halogens is 2. The Morgan fingerprint density at radius 1 is 1.18 bits per heavy atom. The summed E-state index contributed by atoms with van der Waals surface area (Å²) in [6.07, 6.45) is 11.9. The number of nitrogens with zero attached hydrogens (tertiary/aromatic N) is 5. The highest BCUT2D eigenvalue weighted by atomic mass is 127. The zero-order valence-electron chi connectivity index (χ0n) is 20.9. The molecule has 4 fully saturated rings. The van der Waals surface area contributed by atoms with E-state index in [1.165, 1.54) is 39.8 Å². The van der Waals surface area contributed by atoms with Gasteiger partial charge in [0.1, 0.15) is 11.3 Å². The zero-order chi connectivity index (χ0) is 26.0. The molecule has 1 N–H and O–H groups in total. The SMILES string of the molecule is CCOC(=O)[C@H]1[C@H]2CC[C@H](CC2)[C@@H]1Nc1nc(-c2cn(SI)c3ncc(F)cc23)nn2cc(C3CC3)cc12. The van der Waals surface area contributed by atoms with E-state index in [4.69, 9.17) is 14.8 Å². The van der Waals surface area contributed by atoms with Gasteiger partial charge in [-0.05, 0) is 80.9 Å². The molecule has 0 spiro atoms. The predicted molar refractivity (Wildman–Crippen MR) is 154 cm³/mol. The van der Waals surface area contributed by atoms with E-state index in [9.17, 15) is 9.18 Å². The molecule has 4 saturated carbocycles. The van der Waals surface area contributed by atoms with E-state index >= 15 is 0 Å². The van der Waals surface area contributed by atoms with Gasteiger partial charge in [0.05, 0.1) is 18.7 Å².